The molecule has 0 radical (unpaired) electrons. The number of carbonyl (C=O) groups excluding carboxylic acids is 2. The van der Waals surface area contributed by atoms with Crippen LogP contribution >= 0.6 is 0 Å². The Morgan fingerprint density at radius 1 is 0.744 bits per heavy atom. The van der Waals surface area contributed by atoms with Gasteiger partial charge >= 0.3 is 0 Å². The highest BCUT2D eigenvalue weighted by atomic mass is 16.5. The van der Waals surface area contributed by atoms with Crippen molar-refractivity contribution in [1.29, 1.82) is 0 Å². The van der Waals surface area contributed by atoms with Crippen molar-refractivity contribution in [2.75, 3.05) is 4.90 Å². The molecular formula is C34H25NO4. The van der Waals surface area contributed by atoms with Crippen molar-refractivity contribution < 1.29 is 19.4 Å². The van der Waals surface area contributed by atoms with Gasteiger partial charge in [0, 0.05) is 11.3 Å². The van der Waals surface area contributed by atoms with E-state index in [1.165, 1.54) is 4.90 Å². The standard InChI is InChI=1S/C34H25NO4/c1-22-10-7-14-25(20-22)35-31(24-13-8-17-27(21-24)39-26-15-3-2-4-16-26)30(33(37)34(35)38)32(36)29-19-9-12-23-11-5-6-18-28(23)29/h2-21,31,36H,1H3/b32-30-. The van der Waals surface area contributed by atoms with Crippen LogP contribution in [0.5, 0.6) is 11.5 Å². The second kappa shape index (κ2) is 9.95. The Bertz CT molecular complexity index is 1750. The minimum absolute atomic E-state index is 0.0368. The van der Waals surface area contributed by atoms with Gasteiger partial charge in [-0.2, -0.15) is 0 Å². The fourth-order valence-electron chi connectivity index (χ4n) is 5.14. The number of Topliss-reactive ketones (excluding diaryl/α,β-unsaturated/α-hetero) is 1. The molecule has 1 aliphatic heterocycles. The van der Waals surface area contributed by atoms with Crippen LogP contribution in [-0.2, 0) is 9.59 Å². The normalized spacial score (nSPS) is 16.5. The number of carbonyl (C=O) groups is 2. The molecule has 0 saturated carbocycles. The zero-order chi connectivity index (χ0) is 26.9. The topological polar surface area (TPSA) is 66.8 Å². The molecule has 5 heteroatoms. The van der Waals surface area contributed by atoms with Crippen molar-refractivity contribution in [2.45, 2.75) is 13.0 Å². The number of ether oxygens (including phenoxy) is 1. The zero-order valence-corrected chi connectivity index (χ0v) is 21.2. The summed E-state index contributed by atoms with van der Waals surface area (Å²) < 4.78 is 6.06. The molecule has 1 aliphatic rings. The van der Waals surface area contributed by atoms with Crippen LogP contribution < -0.4 is 9.64 Å². The molecule has 5 nitrogen and oxygen atoms in total. The van der Waals surface area contributed by atoms with Crippen LogP contribution in [0.3, 0.4) is 0 Å². The maximum atomic E-state index is 13.6. The maximum Gasteiger partial charge on any atom is 0.300 e. The van der Waals surface area contributed by atoms with Gasteiger partial charge in [-0.3, -0.25) is 14.5 Å². The first-order valence-corrected chi connectivity index (χ1v) is 12.7. The van der Waals surface area contributed by atoms with Crippen LogP contribution in [0.15, 0.2) is 127 Å². The van der Waals surface area contributed by atoms with Crippen molar-refractivity contribution in [3.05, 3.63) is 144 Å². The minimum atomic E-state index is -0.856. The number of nitrogens with zero attached hydrogens (tertiary/aromatic N) is 1. The van der Waals surface area contributed by atoms with Crippen molar-refractivity contribution in [3.63, 3.8) is 0 Å². The van der Waals surface area contributed by atoms with Gasteiger partial charge in [-0.15, -0.1) is 0 Å². The number of amides is 1. The van der Waals surface area contributed by atoms with Crippen LogP contribution in [0.25, 0.3) is 16.5 Å². The van der Waals surface area contributed by atoms with Gasteiger partial charge in [-0.05, 0) is 65.2 Å². The molecular weight excluding hydrogens is 486 g/mol. The van der Waals surface area contributed by atoms with Crippen LogP contribution in [0.2, 0.25) is 0 Å². The van der Waals surface area contributed by atoms with Crippen LogP contribution in [0.4, 0.5) is 5.69 Å². The first kappa shape index (κ1) is 24.2. The van der Waals surface area contributed by atoms with Crippen molar-refractivity contribution >= 4 is 33.9 Å². The number of hydrogen-bond donors (Lipinski definition) is 1. The highest BCUT2D eigenvalue weighted by Gasteiger charge is 2.47. The Morgan fingerprint density at radius 3 is 2.26 bits per heavy atom. The third-order valence-electron chi connectivity index (χ3n) is 6.92. The quantitative estimate of drug-likeness (QED) is 0.150. The number of anilines is 1. The Hall–Kier alpha value is -5.16. The van der Waals surface area contributed by atoms with Gasteiger partial charge in [0.05, 0.1) is 11.6 Å². The number of hydrogen-bond acceptors (Lipinski definition) is 4. The molecule has 1 unspecified atom stereocenters. The Balaban J connectivity index is 1.55. The highest BCUT2D eigenvalue weighted by Crippen LogP contribution is 2.44. The second-order valence-electron chi connectivity index (χ2n) is 9.52. The van der Waals surface area contributed by atoms with Crippen LogP contribution in [0, 0.1) is 6.92 Å². The number of aliphatic hydroxyl groups excluding tert-OH is 1. The summed E-state index contributed by atoms with van der Waals surface area (Å²) in [7, 11) is 0. The van der Waals surface area contributed by atoms with E-state index in [2.05, 4.69) is 0 Å². The Morgan fingerprint density at radius 2 is 1.44 bits per heavy atom. The zero-order valence-electron chi connectivity index (χ0n) is 21.2. The molecule has 1 fully saturated rings. The molecule has 1 heterocycles. The summed E-state index contributed by atoms with van der Waals surface area (Å²) in [4.78, 5) is 28.7. The summed E-state index contributed by atoms with van der Waals surface area (Å²) in [6.07, 6.45) is 0. The summed E-state index contributed by atoms with van der Waals surface area (Å²) in [6, 6.07) is 36.4. The van der Waals surface area contributed by atoms with Gasteiger partial charge in [0.1, 0.15) is 17.3 Å². The van der Waals surface area contributed by atoms with E-state index in [0.717, 1.165) is 16.3 Å². The number of rotatable bonds is 5. The summed E-state index contributed by atoms with van der Waals surface area (Å²) in [5.74, 6) is -0.417. The molecule has 39 heavy (non-hydrogen) atoms. The summed E-state index contributed by atoms with van der Waals surface area (Å²) >= 11 is 0. The van der Waals surface area contributed by atoms with E-state index in [1.54, 1.807) is 12.1 Å². The van der Waals surface area contributed by atoms with Crippen molar-refractivity contribution in [3.8, 4) is 11.5 Å². The fraction of sp³-hybridized carbons (Fsp3) is 0.0588. The van der Waals surface area contributed by atoms with E-state index in [4.69, 9.17) is 4.74 Å². The molecule has 1 saturated heterocycles. The lowest BCUT2D eigenvalue weighted by atomic mass is 9.93. The monoisotopic (exact) mass is 511 g/mol. The Kier molecular flexibility index (Phi) is 6.17. The molecule has 1 amide bonds. The van der Waals surface area contributed by atoms with Gasteiger partial charge in [-0.1, -0.05) is 84.9 Å². The van der Waals surface area contributed by atoms with E-state index in [-0.39, 0.29) is 11.3 Å². The van der Waals surface area contributed by atoms with Crippen LogP contribution in [0.1, 0.15) is 22.7 Å². The van der Waals surface area contributed by atoms with Gasteiger partial charge in [0.15, 0.2) is 0 Å². The third kappa shape index (κ3) is 4.44. The lowest BCUT2D eigenvalue weighted by Crippen LogP contribution is -2.29. The largest absolute Gasteiger partial charge is 0.507 e. The first-order chi connectivity index (χ1) is 19.0. The van der Waals surface area contributed by atoms with Crippen molar-refractivity contribution in [1.82, 2.24) is 0 Å². The number of aliphatic hydroxyl groups is 1. The summed E-state index contributed by atoms with van der Waals surface area (Å²) in [5, 5.41) is 13.4. The predicted molar refractivity (Wildman–Crippen MR) is 153 cm³/mol. The van der Waals surface area contributed by atoms with Crippen LogP contribution in [-0.4, -0.2) is 16.8 Å². The average Bonchev–Trinajstić information content (AvgIpc) is 3.23. The maximum absolute atomic E-state index is 13.6. The van der Waals surface area contributed by atoms with E-state index >= 15 is 0 Å². The number of benzene rings is 5. The number of ketones is 1. The lowest BCUT2D eigenvalue weighted by Gasteiger charge is -2.26. The molecule has 6 rings (SSSR count). The number of fused-ring (bicyclic) bond motifs is 1. The van der Waals surface area contributed by atoms with E-state index in [9.17, 15) is 14.7 Å². The molecule has 1 atom stereocenters. The van der Waals surface area contributed by atoms with Gasteiger partial charge in [0.2, 0.25) is 0 Å². The van der Waals surface area contributed by atoms with E-state index in [1.807, 2.05) is 116 Å². The minimum Gasteiger partial charge on any atom is -0.507 e. The molecule has 5 aromatic rings. The van der Waals surface area contributed by atoms with E-state index in [0.29, 0.717) is 28.3 Å². The molecule has 0 bridgehead atoms. The second-order valence-corrected chi connectivity index (χ2v) is 9.52. The summed E-state index contributed by atoms with van der Waals surface area (Å²) in [5.41, 5.74) is 2.70. The predicted octanol–water partition coefficient (Wildman–Crippen LogP) is 7.57. The highest BCUT2D eigenvalue weighted by molar-refractivity contribution is 6.51. The molecule has 0 aliphatic carbocycles. The smallest absolute Gasteiger partial charge is 0.300 e. The Labute approximate surface area is 226 Å². The van der Waals surface area contributed by atoms with E-state index < -0.39 is 17.7 Å². The molecule has 1 N–H and O–H groups in total. The SMILES string of the molecule is Cc1cccc(N2C(=O)C(=O)/C(=C(\O)c3cccc4ccccc34)C2c2cccc(Oc3ccccc3)c2)c1. The third-order valence-corrected chi connectivity index (χ3v) is 6.92. The average molecular weight is 512 g/mol. The fourth-order valence-corrected chi connectivity index (χ4v) is 5.14. The molecule has 0 aromatic heterocycles. The lowest BCUT2D eigenvalue weighted by molar-refractivity contribution is -0.132. The first-order valence-electron chi connectivity index (χ1n) is 12.7. The molecule has 190 valence electrons. The van der Waals surface area contributed by atoms with Gasteiger partial charge < -0.3 is 9.84 Å². The molecule has 5 aromatic carbocycles. The van der Waals surface area contributed by atoms with Gasteiger partial charge in [0.25, 0.3) is 11.7 Å². The number of aryl methyl sites for hydroxylation is 1. The number of para-hydroxylation sites is 1. The van der Waals surface area contributed by atoms with Gasteiger partial charge in [-0.25, -0.2) is 0 Å². The summed E-state index contributed by atoms with van der Waals surface area (Å²) in [6.45, 7) is 1.93. The molecule has 0 spiro atoms. The van der Waals surface area contributed by atoms with Crippen molar-refractivity contribution in [2.24, 2.45) is 0 Å².